The summed E-state index contributed by atoms with van der Waals surface area (Å²) < 4.78 is 1.95. The third kappa shape index (κ3) is 5.48. The monoisotopic (exact) mass is 457 g/mol. The first kappa shape index (κ1) is 22.3. The number of para-hydroxylation sites is 1. The second-order valence-electron chi connectivity index (χ2n) is 7.48. The number of rotatable bonds is 7. The molecule has 0 saturated carbocycles. The Morgan fingerprint density at radius 1 is 1.00 bits per heavy atom. The van der Waals surface area contributed by atoms with Crippen LogP contribution in [-0.2, 0) is 4.79 Å². The maximum Gasteiger partial charge on any atom is 0.250 e. The molecule has 7 nitrogen and oxygen atoms in total. The van der Waals surface area contributed by atoms with Gasteiger partial charge >= 0.3 is 0 Å². The molecule has 0 radical (unpaired) electrons. The second kappa shape index (κ2) is 10.1. The summed E-state index contributed by atoms with van der Waals surface area (Å²) in [5.74, 6) is 0.622. The van der Waals surface area contributed by atoms with E-state index in [1.54, 1.807) is 24.3 Å². The first-order valence-electron chi connectivity index (χ1n) is 10.3. The number of thioether (sulfide) groups is 1. The van der Waals surface area contributed by atoms with E-state index in [0.29, 0.717) is 16.5 Å². The molecule has 4 rings (SSSR count). The molecular weight excluding hydrogens is 434 g/mol. The third-order valence-electron chi connectivity index (χ3n) is 4.90. The van der Waals surface area contributed by atoms with Crippen LogP contribution in [0.4, 0.5) is 0 Å². The van der Waals surface area contributed by atoms with E-state index in [0.717, 1.165) is 22.4 Å². The summed E-state index contributed by atoms with van der Waals surface area (Å²) in [7, 11) is 0. The van der Waals surface area contributed by atoms with Gasteiger partial charge in [-0.3, -0.25) is 9.36 Å². The van der Waals surface area contributed by atoms with E-state index in [4.69, 9.17) is 0 Å². The zero-order chi connectivity index (χ0) is 23.2. The van der Waals surface area contributed by atoms with Gasteiger partial charge in [0.05, 0.1) is 12.0 Å². The molecule has 3 aromatic carbocycles. The summed E-state index contributed by atoms with van der Waals surface area (Å²) in [5, 5.41) is 23.1. The number of phenols is 1. The average Bonchev–Trinajstić information content (AvgIpc) is 3.24. The van der Waals surface area contributed by atoms with Crippen molar-refractivity contribution in [2.45, 2.75) is 19.0 Å². The zero-order valence-corrected chi connectivity index (χ0v) is 19.1. The molecule has 0 saturated heterocycles. The van der Waals surface area contributed by atoms with Gasteiger partial charge in [-0.15, -0.1) is 10.2 Å². The molecule has 2 N–H and O–H groups in total. The number of hydrazone groups is 1. The molecule has 0 aliphatic rings. The summed E-state index contributed by atoms with van der Waals surface area (Å²) >= 11 is 1.28. The Morgan fingerprint density at radius 2 is 1.67 bits per heavy atom. The molecule has 4 aromatic rings. The Hall–Kier alpha value is -3.91. The van der Waals surface area contributed by atoms with Gasteiger partial charge < -0.3 is 5.11 Å². The van der Waals surface area contributed by atoms with E-state index in [-0.39, 0.29) is 17.4 Å². The molecule has 0 aliphatic carbocycles. The lowest BCUT2D eigenvalue weighted by Crippen LogP contribution is -2.20. The Bertz CT molecular complexity index is 1280. The lowest BCUT2D eigenvalue weighted by Gasteiger charge is -2.11. The van der Waals surface area contributed by atoms with Crippen LogP contribution in [-0.4, -0.2) is 37.7 Å². The Morgan fingerprint density at radius 3 is 2.36 bits per heavy atom. The molecule has 0 spiro atoms. The molecule has 1 aromatic heterocycles. The number of hydrogen-bond acceptors (Lipinski definition) is 6. The van der Waals surface area contributed by atoms with E-state index < -0.39 is 0 Å². The maximum absolute atomic E-state index is 12.3. The van der Waals surface area contributed by atoms with Crippen LogP contribution in [0.15, 0.2) is 83.1 Å². The van der Waals surface area contributed by atoms with Crippen molar-refractivity contribution in [3.05, 3.63) is 89.5 Å². The van der Waals surface area contributed by atoms with E-state index in [9.17, 15) is 9.90 Å². The summed E-state index contributed by atoms with van der Waals surface area (Å²) in [5.41, 5.74) is 7.18. The van der Waals surface area contributed by atoms with E-state index in [1.807, 2.05) is 66.9 Å². The molecule has 166 valence electrons. The SMILES string of the molecule is Cc1ccc(-c2nnc(SCC(=O)N/N=C/c3ccccc3O)n2-c2ccc(C)cc2)cc1. The van der Waals surface area contributed by atoms with Crippen LogP contribution < -0.4 is 5.43 Å². The molecule has 1 amide bonds. The highest BCUT2D eigenvalue weighted by Gasteiger charge is 2.17. The van der Waals surface area contributed by atoms with Crippen LogP contribution in [0.2, 0.25) is 0 Å². The van der Waals surface area contributed by atoms with Crippen molar-refractivity contribution in [1.82, 2.24) is 20.2 Å². The van der Waals surface area contributed by atoms with Gasteiger partial charge in [-0.05, 0) is 38.1 Å². The van der Waals surface area contributed by atoms with Gasteiger partial charge in [-0.1, -0.05) is 71.4 Å². The van der Waals surface area contributed by atoms with Gasteiger partial charge in [0.15, 0.2) is 11.0 Å². The minimum Gasteiger partial charge on any atom is -0.507 e. The van der Waals surface area contributed by atoms with Crippen molar-refractivity contribution in [2.75, 3.05) is 5.75 Å². The molecule has 8 heteroatoms. The largest absolute Gasteiger partial charge is 0.507 e. The van der Waals surface area contributed by atoms with Gasteiger partial charge in [0, 0.05) is 16.8 Å². The first-order chi connectivity index (χ1) is 16.0. The highest BCUT2D eigenvalue weighted by atomic mass is 32.2. The molecular formula is C25H23N5O2S. The lowest BCUT2D eigenvalue weighted by molar-refractivity contribution is -0.118. The molecule has 0 atom stereocenters. The van der Waals surface area contributed by atoms with Crippen LogP contribution in [0.25, 0.3) is 17.1 Å². The normalized spacial score (nSPS) is 11.1. The molecule has 1 heterocycles. The number of nitrogens with zero attached hydrogens (tertiary/aromatic N) is 4. The number of aromatic hydroxyl groups is 1. The minimum atomic E-state index is -0.290. The van der Waals surface area contributed by atoms with Crippen molar-refractivity contribution < 1.29 is 9.90 Å². The number of nitrogens with one attached hydrogen (secondary N) is 1. The van der Waals surface area contributed by atoms with Gasteiger partial charge in [-0.2, -0.15) is 5.10 Å². The van der Waals surface area contributed by atoms with Crippen LogP contribution in [0.1, 0.15) is 16.7 Å². The van der Waals surface area contributed by atoms with Gasteiger partial charge in [0.1, 0.15) is 5.75 Å². The van der Waals surface area contributed by atoms with E-state index in [1.165, 1.54) is 18.0 Å². The predicted molar refractivity (Wildman–Crippen MR) is 131 cm³/mol. The van der Waals surface area contributed by atoms with Crippen molar-refractivity contribution in [2.24, 2.45) is 5.10 Å². The summed E-state index contributed by atoms with van der Waals surface area (Å²) in [6.45, 7) is 4.07. The van der Waals surface area contributed by atoms with Crippen LogP contribution in [0.3, 0.4) is 0 Å². The van der Waals surface area contributed by atoms with Gasteiger partial charge in [0.2, 0.25) is 0 Å². The molecule has 33 heavy (non-hydrogen) atoms. The van der Waals surface area contributed by atoms with E-state index >= 15 is 0 Å². The topological polar surface area (TPSA) is 92.4 Å². The zero-order valence-electron chi connectivity index (χ0n) is 18.3. The summed E-state index contributed by atoms with van der Waals surface area (Å²) in [4.78, 5) is 12.3. The van der Waals surface area contributed by atoms with E-state index in [2.05, 4.69) is 20.7 Å². The van der Waals surface area contributed by atoms with Crippen molar-refractivity contribution >= 4 is 23.9 Å². The quantitative estimate of drug-likeness (QED) is 0.242. The van der Waals surface area contributed by atoms with Crippen LogP contribution in [0, 0.1) is 13.8 Å². The van der Waals surface area contributed by atoms with Gasteiger partial charge in [0.25, 0.3) is 5.91 Å². The number of carbonyl (C=O) groups is 1. The summed E-state index contributed by atoms with van der Waals surface area (Å²) in [6, 6.07) is 22.9. The number of carbonyl (C=O) groups excluding carboxylic acids is 1. The number of hydrogen-bond donors (Lipinski definition) is 2. The number of aromatic nitrogens is 3. The fourth-order valence-electron chi connectivity index (χ4n) is 3.11. The number of phenolic OH excluding ortho intramolecular Hbond substituents is 1. The van der Waals surface area contributed by atoms with Crippen molar-refractivity contribution in [1.29, 1.82) is 0 Å². The summed E-state index contributed by atoms with van der Waals surface area (Å²) in [6.07, 6.45) is 1.40. The predicted octanol–water partition coefficient (Wildman–Crippen LogP) is 4.50. The highest BCUT2D eigenvalue weighted by molar-refractivity contribution is 7.99. The van der Waals surface area contributed by atoms with Crippen molar-refractivity contribution in [3.63, 3.8) is 0 Å². The highest BCUT2D eigenvalue weighted by Crippen LogP contribution is 2.28. The Kier molecular flexibility index (Phi) is 6.85. The maximum atomic E-state index is 12.3. The number of benzene rings is 3. The first-order valence-corrected chi connectivity index (χ1v) is 11.3. The second-order valence-corrected chi connectivity index (χ2v) is 8.43. The van der Waals surface area contributed by atoms with Crippen LogP contribution in [0.5, 0.6) is 5.75 Å². The average molecular weight is 458 g/mol. The minimum absolute atomic E-state index is 0.0970. The van der Waals surface area contributed by atoms with Gasteiger partial charge in [-0.25, -0.2) is 5.43 Å². The molecule has 0 fully saturated rings. The standard InChI is InChI=1S/C25H23N5O2S/c1-17-7-11-19(12-8-17)24-28-29-25(30(24)21-13-9-18(2)10-14-21)33-16-23(32)27-26-15-20-5-3-4-6-22(20)31/h3-15,31H,16H2,1-2H3,(H,27,32)/b26-15+. The van der Waals surface area contributed by atoms with Crippen LogP contribution >= 0.6 is 11.8 Å². The molecule has 0 bridgehead atoms. The number of amides is 1. The third-order valence-corrected chi connectivity index (χ3v) is 5.83. The Balaban J connectivity index is 1.52. The number of aryl methyl sites for hydroxylation is 2. The fraction of sp³-hybridized carbons (Fsp3) is 0.120. The smallest absolute Gasteiger partial charge is 0.250 e. The Labute approximate surface area is 196 Å². The lowest BCUT2D eigenvalue weighted by atomic mass is 10.1. The fourth-order valence-corrected chi connectivity index (χ4v) is 3.86. The molecule has 0 aliphatic heterocycles. The molecule has 0 unspecified atom stereocenters. The van der Waals surface area contributed by atoms with Crippen molar-refractivity contribution in [3.8, 4) is 22.8 Å².